The lowest BCUT2D eigenvalue weighted by molar-refractivity contribution is -0.110. The largest absolute Gasteiger partial charge is 0.287 e. The molecule has 4 nitrogen and oxygen atoms in total. The van der Waals surface area contributed by atoms with Crippen molar-refractivity contribution in [1.29, 1.82) is 0 Å². The van der Waals surface area contributed by atoms with Crippen molar-refractivity contribution in [1.82, 2.24) is 0 Å². The Labute approximate surface area is 141 Å². The van der Waals surface area contributed by atoms with Gasteiger partial charge in [0, 0.05) is 0 Å². The van der Waals surface area contributed by atoms with Gasteiger partial charge in [-0.3, -0.25) is 4.79 Å². The van der Waals surface area contributed by atoms with E-state index in [1.807, 2.05) is 0 Å². The van der Waals surface area contributed by atoms with E-state index >= 15 is 0 Å². The van der Waals surface area contributed by atoms with Crippen LogP contribution in [-0.2, 0) is 14.8 Å². The fourth-order valence-electron chi connectivity index (χ4n) is 1.41. The minimum absolute atomic E-state index is 0.0883. The van der Waals surface area contributed by atoms with E-state index < -0.39 is 10.0 Å². The quantitative estimate of drug-likeness (QED) is 0.603. The number of ketones is 1. The molecule has 8 heteroatoms. The van der Waals surface area contributed by atoms with E-state index in [1.54, 1.807) is 18.2 Å². The normalized spacial score (nSPS) is 18.4. The summed E-state index contributed by atoms with van der Waals surface area (Å²) in [7, 11) is -3.83. The first-order valence-electron chi connectivity index (χ1n) is 5.20. The SMILES string of the molecule is O=C1C(Br)=CC(=NS(=O)(=O)c2ccccc2)C(Br)=C1Br. The summed E-state index contributed by atoms with van der Waals surface area (Å²) < 4.78 is 28.8. The number of allylic oxidation sites excluding steroid dienone is 4. The highest BCUT2D eigenvalue weighted by atomic mass is 79.9. The van der Waals surface area contributed by atoms with Gasteiger partial charge in [0.25, 0.3) is 10.0 Å². The molecule has 0 atom stereocenters. The average Bonchev–Trinajstić information content (AvgIpc) is 2.43. The summed E-state index contributed by atoms with van der Waals surface area (Å²) in [6.07, 6.45) is 1.36. The molecule has 0 saturated heterocycles. The molecule has 0 amide bonds. The number of sulfonamides is 1. The highest BCUT2D eigenvalue weighted by molar-refractivity contribution is 9.15. The van der Waals surface area contributed by atoms with Crippen LogP contribution in [0, 0.1) is 0 Å². The number of rotatable bonds is 2. The van der Waals surface area contributed by atoms with Crippen molar-refractivity contribution in [3.63, 3.8) is 0 Å². The van der Waals surface area contributed by atoms with Crippen molar-refractivity contribution in [2.24, 2.45) is 4.40 Å². The molecule has 1 aromatic carbocycles. The summed E-state index contributed by atoms with van der Waals surface area (Å²) >= 11 is 9.34. The van der Waals surface area contributed by atoms with Crippen LogP contribution in [-0.4, -0.2) is 19.9 Å². The van der Waals surface area contributed by atoms with Gasteiger partial charge in [-0.25, -0.2) is 0 Å². The van der Waals surface area contributed by atoms with Crippen LogP contribution in [0.15, 0.2) is 59.1 Å². The fraction of sp³-hybridized carbons (Fsp3) is 0. The van der Waals surface area contributed by atoms with Crippen molar-refractivity contribution < 1.29 is 13.2 Å². The maximum Gasteiger partial charge on any atom is 0.282 e. The Bertz CT molecular complexity index is 764. The Balaban J connectivity index is 2.54. The van der Waals surface area contributed by atoms with E-state index in [4.69, 9.17) is 0 Å². The second kappa shape index (κ2) is 6.05. The number of hydrogen-bond donors (Lipinski definition) is 0. The molecule has 20 heavy (non-hydrogen) atoms. The summed E-state index contributed by atoms with van der Waals surface area (Å²) in [5.41, 5.74) is 0.146. The Kier molecular flexibility index (Phi) is 4.78. The molecule has 0 N–H and O–H groups in total. The first-order chi connectivity index (χ1) is 9.33. The molecule has 1 aliphatic carbocycles. The molecule has 2 rings (SSSR count). The topological polar surface area (TPSA) is 63.6 Å². The van der Waals surface area contributed by atoms with Crippen LogP contribution in [0.4, 0.5) is 0 Å². The second-order valence-corrected chi connectivity index (χ2v) is 7.76. The summed E-state index contributed by atoms with van der Waals surface area (Å²) in [5, 5.41) is 0. The van der Waals surface area contributed by atoms with E-state index in [2.05, 4.69) is 52.2 Å². The Morgan fingerprint density at radius 1 is 0.950 bits per heavy atom. The molecule has 0 aliphatic heterocycles. The molecule has 0 heterocycles. The minimum Gasteiger partial charge on any atom is -0.287 e. The molecule has 0 radical (unpaired) electrons. The molecule has 0 spiro atoms. The smallest absolute Gasteiger partial charge is 0.282 e. The van der Waals surface area contributed by atoms with Gasteiger partial charge in [-0.05, 0) is 66.0 Å². The van der Waals surface area contributed by atoms with E-state index in [9.17, 15) is 13.2 Å². The zero-order valence-electron chi connectivity index (χ0n) is 9.68. The molecular formula is C12H6Br3NO3S. The molecule has 0 fully saturated rings. The summed E-state index contributed by atoms with van der Waals surface area (Å²) in [5.74, 6) is -0.284. The van der Waals surface area contributed by atoms with Crippen LogP contribution in [0.2, 0.25) is 0 Å². The van der Waals surface area contributed by atoms with Crippen LogP contribution < -0.4 is 0 Å². The molecule has 0 aromatic heterocycles. The fourth-order valence-corrected chi connectivity index (χ4v) is 4.01. The van der Waals surface area contributed by atoms with E-state index in [1.165, 1.54) is 18.2 Å². The zero-order valence-corrected chi connectivity index (χ0v) is 15.3. The third-order valence-corrected chi connectivity index (χ3v) is 6.34. The number of benzene rings is 1. The van der Waals surface area contributed by atoms with Crippen LogP contribution in [0.5, 0.6) is 0 Å². The molecule has 0 unspecified atom stereocenters. The average molecular weight is 484 g/mol. The number of hydrogen-bond acceptors (Lipinski definition) is 3. The van der Waals surface area contributed by atoms with Crippen molar-refractivity contribution in [2.75, 3.05) is 0 Å². The van der Waals surface area contributed by atoms with Gasteiger partial charge in [-0.2, -0.15) is 12.8 Å². The minimum atomic E-state index is -3.83. The Morgan fingerprint density at radius 2 is 1.55 bits per heavy atom. The second-order valence-electron chi connectivity index (χ2n) is 3.71. The third-order valence-electron chi connectivity index (χ3n) is 2.36. The first kappa shape index (κ1) is 15.8. The van der Waals surface area contributed by atoms with Crippen molar-refractivity contribution in [3.8, 4) is 0 Å². The predicted octanol–water partition coefficient (Wildman–Crippen LogP) is 3.68. The number of halogens is 3. The van der Waals surface area contributed by atoms with Gasteiger partial charge >= 0.3 is 0 Å². The van der Waals surface area contributed by atoms with Crippen molar-refractivity contribution >= 4 is 69.3 Å². The third kappa shape index (κ3) is 3.19. The maximum atomic E-state index is 12.2. The predicted molar refractivity (Wildman–Crippen MR) is 88.0 cm³/mol. The molecule has 104 valence electrons. The van der Waals surface area contributed by atoms with Gasteiger partial charge in [0.05, 0.1) is 24.1 Å². The summed E-state index contributed by atoms with van der Waals surface area (Å²) in [6.45, 7) is 0. The lowest BCUT2D eigenvalue weighted by atomic mass is 10.2. The Morgan fingerprint density at radius 3 is 2.15 bits per heavy atom. The standard InChI is InChI=1S/C12H6Br3NO3S/c13-8-6-9(10(14)11(15)12(8)17)16-20(18,19)7-4-2-1-3-5-7/h1-6H. The van der Waals surface area contributed by atoms with Crippen molar-refractivity contribution in [3.05, 3.63) is 49.9 Å². The molecule has 1 aromatic rings. The van der Waals surface area contributed by atoms with Gasteiger partial charge in [-0.15, -0.1) is 0 Å². The highest BCUT2D eigenvalue weighted by Gasteiger charge is 2.25. The van der Waals surface area contributed by atoms with E-state index in [-0.39, 0.29) is 25.4 Å². The molecule has 0 bridgehead atoms. The van der Waals surface area contributed by atoms with E-state index in [0.717, 1.165) is 0 Å². The van der Waals surface area contributed by atoms with Crippen LogP contribution in [0.25, 0.3) is 0 Å². The molecule has 0 saturated carbocycles. The number of carbonyl (C=O) groups is 1. The van der Waals surface area contributed by atoms with Crippen molar-refractivity contribution in [2.45, 2.75) is 4.90 Å². The zero-order chi connectivity index (χ0) is 14.9. The lowest BCUT2D eigenvalue weighted by Gasteiger charge is -2.10. The maximum absolute atomic E-state index is 12.2. The van der Waals surface area contributed by atoms with Crippen LogP contribution in [0.3, 0.4) is 0 Å². The molecule has 1 aliphatic rings. The van der Waals surface area contributed by atoms with Gasteiger partial charge in [-0.1, -0.05) is 18.2 Å². The highest BCUT2D eigenvalue weighted by Crippen LogP contribution is 2.31. The van der Waals surface area contributed by atoms with E-state index in [0.29, 0.717) is 4.48 Å². The summed E-state index contributed by atoms with van der Waals surface area (Å²) in [6, 6.07) is 7.86. The Hall–Kier alpha value is -0.570. The summed E-state index contributed by atoms with van der Waals surface area (Å²) in [4.78, 5) is 11.8. The number of Topliss-reactive ketones (excluding diaryl/α,β-unsaturated/α-hetero) is 1. The van der Waals surface area contributed by atoms with Gasteiger partial charge in [0.15, 0.2) is 0 Å². The monoisotopic (exact) mass is 481 g/mol. The van der Waals surface area contributed by atoms with Crippen LogP contribution >= 0.6 is 47.8 Å². The lowest BCUT2D eigenvalue weighted by Crippen LogP contribution is -2.13. The first-order valence-corrected chi connectivity index (χ1v) is 9.02. The van der Waals surface area contributed by atoms with Gasteiger partial charge < -0.3 is 0 Å². The number of carbonyl (C=O) groups excluding carboxylic acids is 1. The molecular weight excluding hydrogens is 478 g/mol. The van der Waals surface area contributed by atoms with Gasteiger partial charge in [0.1, 0.15) is 0 Å². The van der Waals surface area contributed by atoms with Crippen LogP contribution in [0.1, 0.15) is 0 Å². The number of nitrogens with zero attached hydrogens (tertiary/aromatic N) is 1. The van der Waals surface area contributed by atoms with Gasteiger partial charge in [0.2, 0.25) is 5.78 Å².